The molecule has 0 saturated carbocycles. The molecule has 0 spiro atoms. The number of sulfonamides is 1. The smallest absolute Gasteiger partial charge is 0.315 e. The summed E-state index contributed by atoms with van der Waals surface area (Å²) in [6.45, 7) is 1.07. The van der Waals surface area contributed by atoms with E-state index in [1.54, 1.807) is 0 Å². The first-order chi connectivity index (χ1) is 8.81. The van der Waals surface area contributed by atoms with Crippen molar-refractivity contribution in [1.82, 2.24) is 10.0 Å². The molecule has 1 heterocycles. The van der Waals surface area contributed by atoms with Gasteiger partial charge in [0.2, 0.25) is 10.0 Å². The second-order valence-corrected chi connectivity index (χ2v) is 5.99. The van der Waals surface area contributed by atoms with Gasteiger partial charge in [-0.25, -0.2) is 13.1 Å². The molecule has 1 fully saturated rings. The number of nitrogens with one attached hydrogen (secondary N) is 2. The van der Waals surface area contributed by atoms with Gasteiger partial charge in [-0.05, 0) is 25.1 Å². The van der Waals surface area contributed by atoms with Gasteiger partial charge in [-0.2, -0.15) is 13.2 Å². The molecular formula is C11H13F3N2O2S. The van der Waals surface area contributed by atoms with E-state index in [1.807, 2.05) is 0 Å². The van der Waals surface area contributed by atoms with Gasteiger partial charge < -0.3 is 5.32 Å². The van der Waals surface area contributed by atoms with Crippen molar-refractivity contribution >= 4 is 10.0 Å². The lowest BCUT2D eigenvalue weighted by molar-refractivity contribution is -0.139. The van der Waals surface area contributed by atoms with Crippen molar-refractivity contribution in [2.24, 2.45) is 0 Å². The largest absolute Gasteiger partial charge is 0.417 e. The Hall–Kier alpha value is -1.12. The van der Waals surface area contributed by atoms with Crippen LogP contribution in [0.3, 0.4) is 0 Å². The lowest BCUT2D eigenvalue weighted by atomic mass is 10.2. The lowest BCUT2D eigenvalue weighted by Gasteiger charge is -2.16. The topological polar surface area (TPSA) is 58.2 Å². The first kappa shape index (κ1) is 14.3. The van der Waals surface area contributed by atoms with Crippen molar-refractivity contribution in [3.8, 4) is 0 Å². The van der Waals surface area contributed by atoms with Crippen molar-refractivity contribution in [1.29, 1.82) is 0 Å². The Morgan fingerprint density at radius 3 is 2.53 bits per heavy atom. The van der Waals surface area contributed by atoms with Crippen LogP contribution in [0.4, 0.5) is 13.2 Å². The molecule has 0 aliphatic carbocycles. The molecule has 1 aliphatic rings. The fourth-order valence-corrected chi connectivity index (χ4v) is 3.47. The van der Waals surface area contributed by atoms with Gasteiger partial charge in [-0.3, -0.25) is 0 Å². The Morgan fingerprint density at radius 1 is 1.26 bits per heavy atom. The summed E-state index contributed by atoms with van der Waals surface area (Å²) < 4.78 is 64.7. The van der Waals surface area contributed by atoms with Crippen LogP contribution in [0.5, 0.6) is 0 Å². The zero-order valence-corrected chi connectivity index (χ0v) is 10.7. The molecule has 1 saturated heterocycles. The highest BCUT2D eigenvalue weighted by Crippen LogP contribution is 2.33. The number of benzene rings is 1. The quantitative estimate of drug-likeness (QED) is 0.884. The van der Waals surface area contributed by atoms with E-state index in [2.05, 4.69) is 10.0 Å². The van der Waals surface area contributed by atoms with E-state index in [4.69, 9.17) is 0 Å². The molecule has 2 rings (SSSR count). The Kier molecular flexibility index (Phi) is 3.84. The van der Waals surface area contributed by atoms with Crippen molar-refractivity contribution in [2.75, 3.05) is 13.1 Å². The van der Waals surface area contributed by atoms with Crippen LogP contribution >= 0.6 is 0 Å². The van der Waals surface area contributed by atoms with Crippen molar-refractivity contribution in [2.45, 2.75) is 23.5 Å². The van der Waals surface area contributed by atoms with Gasteiger partial charge >= 0.3 is 6.18 Å². The van der Waals surface area contributed by atoms with Crippen LogP contribution in [0.25, 0.3) is 0 Å². The van der Waals surface area contributed by atoms with Crippen molar-refractivity contribution in [3.05, 3.63) is 29.8 Å². The Labute approximate surface area is 109 Å². The number of halogens is 3. The predicted molar refractivity (Wildman–Crippen MR) is 63.0 cm³/mol. The van der Waals surface area contributed by atoms with E-state index < -0.39 is 26.7 Å². The maximum atomic E-state index is 12.8. The third-order valence-electron chi connectivity index (χ3n) is 2.86. The summed E-state index contributed by atoms with van der Waals surface area (Å²) >= 11 is 0. The van der Waals surface area contributed by atoms with Crippen LogP contribution in [0.15, 0.2) is 29.2 Å². The van der Waals surface area contributed by atoms with Crippen LogP contribution in [0.1, 0.15) is 12.0 Å². The highest BCUT2D eigenvalue weighted by atomic mass is 32.2. The third-order valence-corrected chi connectivity index (χ3v) is 4.44. The molecule has 106 valence electrons. The highest BCUT2D eigenvalue weighted by Gasteiger charge is 2.37. The SMILES string of the molecule is O=S(=O)(N[C@H]1CCNC1)c1ccccc1C(F)(F)F. The van der Waals surface area contributed by atoms with E-state index in [1.165, 1.54) is 12.1 Å². The molecule has 1 aliphatic heterocycles. The maximum absolute atomic E-state index is 12.8. The summed E-state index contributed by atoms with van der Waals surface area (Å²) in [5, 5.41) is 2.94. The maximum Gasteiger partial charge on any atom is 0.417 e. The molecule has 19 heavy (non-hydrogen) atoms. The van der Waals surface area contributed by atoms with Crippen LogP contribution in [-0.2, 0) is 16.2 Å². The Morgan fingerprint density at radius 2 is 1.95 bits per heavy atom. The molecule has 0 aromatic heterocycles. The van der Waals surface area contributed by atoms with Gasteiger partial charge in [0.05, 0.1) is 10.5 Å². The lowest BCUT2D eigenvalue weighted by Crippen LogP contribution is -2.37. The number of alkyl halides is 3. The minimum atomic E-state index is -4.70. The summed E-state index contributed by atoms with van der Waals surface area (Å²) in [6.07, 6.45) is -4.13. The average Bonchev–Trinajstić information content (AvgIpc) is 2.80. The highest BCUT2D eigenvalue weighted by molar-refractivity contribution is 7.89. The number of rotatable bonds is 3. The molecule has 4 nitrogen and oxygen atoms in total. The molecule has 0 amide bonds. The Bertz CT molecular complexity index is 551. The molecule has 0 radical (unpaired) electrons. The zero-order chi connectivity index (χ0) is 14.1. The van der Waals surface area contributed by atoms with Gasteiger partial charge in [0.1, 0.15) is 0 Å². The van der Waals surface area contributed by atoms with E-state index >= 15 is 0 Å². The molecule has 1 aromatic rings. The van der Waals surface area contributed by atoms with Gasteiger partial charge in [-0.15, -0.1) is 0 Å². The average molecular weight is 294 g/mol. The van der Waals surface area contributed by atoms with Gasteiger partial charge in [0.15, 0.2) is 0 Å². The van der Waals surface area contributed by atoms with E-state index in [9.17, 15) is 21.6 Å². The standard InChI is InChI=1S/C11H13F3N2O2S/c12-11(13,14)9-3-1-2-4-10(9)19(17,18)16-8-5-6-15-7-8/h1-4,8,15-16H,5-7H2/t8-/m0/s1. The summed E-state index contributed by atoms with van der Waals surface area (Å²) in [5.74, 6) is 0. The molecular weight excluding hydrogens is 281 g/mol. The molecule has 1 aromatic carbocycles. The minimum Gasteiger partial charge on any atom is -0.315 e. The normalized spacial score (nSPS) is 20.7. The summed E-state index contributed by atoms with van der Waals surface area (Å²) in [6, 6.07) is 3.80. The second-order valence-electron chi connectivity index (χ2n) is 4.30. The second kappa shape index (κ2) is 5.10. The van der Waals surface area contributed by atoms with Gasteiger partial charge in [0.25, 0.3) is 0 Å². The number of hydrogen-bond donors (Lipinski definition) is 2. The molecule has 0 bridgehead atoms. The molecule has 8 heteroatoms. The van der Waals surface area contributed by atoms with Gasteiger partial charge in [0, 0.05) is 12.6 Å². The third kappa shape index (κ3) is 3.26. The number of hydrogen-bond acceptors (Lipinski definition) is 3. The van der Waals surface area contributed by atoms with Crippen LogP contribution < -0.4 is 10.0 Å². The van der Waals surface area contributed by atoms with E-state index in [-0.39, 0.29) is 6.04 Å². The van der Waals surface area contributed by atoms with E-state index in [0.29, 0.717) is 19.5 Å². The molecule has 2 N–H and O–H groups in total. The van der Waals surface area contributed by atoms with Crippen molar-refractivity contribution < 1.29 is 21.6 Å². The monoisotopic (exact) mass is 294 g/mol. The molecule has 0 unspecified atom stereocenters. The summed E-state index contributed by atoms with van der Waals surface area (Å²) in [7, 11) is -4.17. The Balaban J connectivity index is 2.35. The zero-order valence-electron chi connectivity index (χ0n) is 9.87. The molecule has 1 atom stereocenters. The van der Waals surface area contributed by atoms with Crippen molar-refractivity contribution in [3.63, 3.8) is 0 Å². The first-order valence-corrected chi connectivity index (χ1v) is 7.18. The summed E-state index contributed by atoms with van der Waals surface area (Å²) in [5.41, 5.74) is -1.14. The summed E-state index contributed by atoms with van der Waals surface area (Å²) in [4.78, 5) is -0.727. The fraction of sp³-hybridized carbons (Fsp3) is 0.455. The van der Waals surface area contributed by atoms with Crippen LogP contribution in [-0.4, -0.2) is 27.5 Å². The van der Waals surface area contributed by atoms with E-state index in [0.717, 1.165) is 12.1 Å². The van der Waals surface area contributed by atoms with Gasteiger partial charge in [-0.1, -0.05) is 12.1 Å². The van der Waals surface area contributed by atoms with Crippen LogP contribution in [0.2, 0.25) is 0 Å². The first-order valence-electron chi connectivity index (χ1n) is 5.70. The minimum absolute atomic E-state index is 0.369. The fourth-order valence-electron chi connectivity index (χ4n) is 1.97. The van der Waals surface area contributed by atoms with Crippen LogP contribution in [0, 0.1) is 0 Å². The predicted octanol–water partition coefficient (Wildman–Crippen LogP) is 1.35.